The zero-order chi connectivity index (χ0) is 18.1. The quantitative estimate of drug-likeness (QED) is 0.699. The van der Waals surface area contributed by atoms with Crippen LogP contribution in [-0.4, -0.2) is 25.3 Å². The van der Waals surface area contributed by atoms with Gasteiger partial charge in [-0.3, -0.25) is 0 Å². The van der Waals surface area contributed by atoms with Crippen molar-refractivity contribution in [3.63, 3.8) is 0 Å². The van der Waals surface area contributed by atoms with Gasteiger partial charge < -0.3 is 14.8 Å². The molecule has 2 aromatic rings. The van der Waals surface area contributed by atoms with Gasteiger partial charge in [-0.15, -0.1) is 0 Å². The van der Waals surface area contributed by atoms with Gasteiger partial charge in [0.05, 0.1) is 6.61 Å². The lowest BCUT2D eigenvalue weighted by Crippen LogP contribution is -2.28. The molecule has 0 aromatic heterocycles. The van der Waals surface area contributed by atoms with Crippen LogP contribution in [0.3, 0.4) is 0 Å². The Morgan fingerprint density at radius 2 is 1.64 bits per heavy atom. The number of benzene rings is 2. The van der Waals surface area contributed by atoms with Crippen molar-refractivity contribution < 1.29 is 18.7 Å². The van der Waals surface area contributed by atoms with Gasteiger partial charge in [-0.1, -0.05) is 24.3 Å². The second-order valence-electron chi connectivity index (χ2n) is 5.58. The second kappa shape index (κ2) is 9.79. The first-order valence-electron chi connectivity index (χ1n) is 8.47. The molecule has 0 saturated heterocycles. The van der Waals surface area contributed by atoms with Crippen molar-refractivity contribution in [2.45, 2.75) is 32.9 Å². The fourth-order valence-electron chi connectivity index (χ4n) is 2.43. The van der Waals surface area contributed by atoms with Gasteiger partial charge in [-0.05, 0) is 49.2 Å². The van der Waals surface area contributed by atoms with E-state index in [1.165, 1.54) is 12.1 Å². The van der Waals surface area contributed by atoms with Gasteiger partial charge in [0.1, 0.15) is 5.82 Å². The van der Waals surface area contributed by atoms with Crippen molar-refractivity contribution in [2.75, 3.05) is 18.5 Å². The Hall–Kier alpha value is -2.40. The molecule has 0 aliphatic heterocycles. The summed E-state index contributed by atoms with van der Waals surface area (Å²) in [5.74, 6) is -0.568. The number of hydrogen-bond acceptors (Lipinski definition) is 4. The van der Waals surface area contributed by atoms with Crippen molar-refractivity contribution in [1.82, 2.24) is 0 Å². The average molecular weight is 345 g/mol. The van der Waals surface area contributed by atoms with Crippen LogP contribution in [-0.2, 0) is 27.2 Å². The number of esters is 1. The third kappa shape index (κ3) is 6.19. The molecule has 134 valence electrons. The van der Waals surface area contributed by atoms with Crippen LogP contribution in [0.1, 0.15) is 25.0 Å². The van der Waals surface area contributed by atoms with Crippen LogP contribution in [0.5, 0.6) is 0 Å². The summed E-state index contributed by atoms with van der Waals surface area (Å²) < 4.78 is 23.4. The number of carbonyl (C=O) groups excluding carboxylic acids is 1. The van der Waals surface area contributed by atoms with E-state index < -0.39 is 6.10 Å². The highest BCUT2D eigenvalue weighted by Crippen LogP contribution is 2.14. The van der Waals surface area contributed by atoms with Crippen molar-refractivity contribution >= 4 is 11.7 Å². The van der Waals surface area contributed by atoms with Crippen LogP contribution in [0.4, 0.5) is 10.1 Å². The molecule has 0 saturated carbocycles. The molecule has 1 unspecified atom stereocenters. The minimum absolute atomic E-state index is 0.237. The summed E-state index contributed by atoms with van der Waals surface area (Å²) in [5, 5.41) is 3.28. The summed E-state index contributed by atoms with van der Waals surface area (Å²) in [4.78, 5) is 11.9. The van der Waals surface area contributed by atoms with Crippen LogP contribution in [0.15, 0.2) is 48.5 Å². The molecule has 2 rings (SSSR count). The fourth-order valence-corrected chi connectivity index (χ4v) is 2.43. The Morgan fingerprint density at radius 3 is 2.24 bits per heavy atom. The largest absolute Gasteiger partial charge is 0.464 e. The normalized spacial score (nSPS) is 11.8. The molecule has 1 atom stereocenters. The van der Waals surface area contributed by atoms with Crippen LogP contribution < -0.4 is 5.32 Å². The summed E-state index contributed by atoms with van der Waals surface area (Å²) in [7, 11) is 0. The van der Waals surface area contributed by atoms with E-state index >= 15 is 0 Å². The Balaban J connectivity index is 1.91. The van der Waals surface area contributed by atoms with Gasteiger partial charge in [-0.2, -0.15) is 0 Å². The Bertz CT molecular complexity index is 656. The van der Waals surface area contributed by atoms with Crippen molar-refractivity contribution in [3.05, 3.63) is 65.5 Å². The summed E-state index contributed by atoms with van der Waals surface area (Å²) in [6.07, 6.45) is -0.103. The number of carbonyl (C=O) groups is 1. The molecule has 1 N–H and O–H groups in total. The first-order chi connectivity index (χ1) is 12.1. The molecule has 0 aliphatic carbocycles. The van der Waals surface area contributed by atoms with E-state index in [1.54, 1.807) is 19.1 Å². The Kier molecular flexibility index (Phi) is 7.41. The summed E-state index contributed by atoms with van der Waals surface area (Å²) >= 11 is 0. The monoisotopic (exact) mass is 345 g/mol. The smallest absolute Gasteiger partial charge is 0.335 e. The van der Waals surface area contributed by atoms with E-state index in [2.05, 4.69) is 5.32 Å². The average Bonchev–Trinajstić information content (AvgIpc) is 2.62. The molecule has 0 amide bonds. The van der Waals surface area contributed by atoms with Gasteiger partial charge in [0.2, 0.25) is 0 Å². The zero-order valence-corrected chi connectivity index (χ0v) is 14.6. The van der Waals surface area contributed by atoms with E-state index in [1.807, 2.05) is 31.2 Å². The minimum Gasteiger partial charge on any atom is -0.464 e. The maximum Gasteiger partial charge on any atom is 0.335 e. The SMILES string of the molecule is CCOC(=O)C(Cc1ccc(NCc2ccc(F)cc2)cc1)OCC. The number of rotatable bonds is 9. The standard InChI is InChI=1S/C20H24FNO3/c1-3-24-19(20(23)25-4-2)13-15-7-11-18(12-8-15)22-14-16-5-9-17(21)10-6-16/h5-12,19,22H,3-4,13-14H2,1-2H3. The van der Waals surface area contributed by atoms with E-state index in [0.29, 0.717) is 26.2 Å². The topological polar surface area (TPSA) is 47.6 Å². The summed E-state index contributed by atoms with van der Waals surface area (Å²) in [6.45, 7) is 5.05. The predicted octanol–water partition coefficient (Wildman–Crippen LogP) is 3.95. The summed E-state index contributed by atoms with van der Waals surface area (Å²) in [6, 6.07) is 14.2. The van der Waals surface area contributed by atoms with Gasteiger partial charge in [0.15, 0.2) is 6.10 Å². The Morgan fingerprint density at radius 1 is 1.00 bits per heavy atom. The number of halogens is 1. The van der Waals surface area contributed by atoms with E-state index in [0.717, 1.165) is 16.8 Å². The minimum atomic E-state index is -0.581. The van der Waals surface area contributed by atoms with E-state index in [4.69, 9.17) is 9.47 Å². The van der Waals surface area contributed by atoms with E-state index in [-0.39, 0.29) is 11.8 Å². The number of nitrogens with one attached hydrogen (secondary N) is 1. The van der Waals surface area contributed by atoms with Crippen LogP contribution in [0.2, 0.25) is 0 Å². The van der Waals surface area contributed by atoms with Crippen molar-refractivity contribution in [2.24, 2.45) is 0 Å². The number of anilines is 1. The molecule has 2 aromatic carbocycles. The lowest BCUT2D eigenvalue weighted by Gasteiger charge is -2.16. The molecule has 4 nitrogen and oxygen atoms in total. The molecular formula is C20H24FNO3. The Labute approximate surface area is 148 Å². The highest BCUT2D eigenvalue weighted by atomic mass is 19.1. The molecule has 0 fully saturated rings. The lowest BCUT2D eigenvalue weighted by atomic mass is 10.1. The third-order valence-corrected chi connectivity index (χ3v) is 3.70. The maximum absolute atomic E-state index is 12.9. The van der Waals surface area contributed by atoms with Crippen LogP contribution in [0, 0.1) is 5.82 Å². The molecular weight excluding hydrogens is 321 g/mol. The van der Waals surface area contributed by atoms with E-state index in [9.17, 15) is 9.18 Å². The molecule has 0 aliphatic rings. The number of hydrogen-bond donors (Lipinski definition) is 1. The zero-order valence-electron chi connectivity index (χ0n) is 14.6. The highest BCUT2D eigenvalue weighted by molar-refractivity contribution is 5.75. The molecule has 5 heteroatoms. The van der Waals surface area contributed by atoms with Crippen LogP contribution >= 0.6 is 0 Å². The van der Waals surface area contributed by atoms with Gasteiger partial charge in [0, 0.05) is 25.3 Å². The first-order valence-corrected chi connectivity index (χ1v) is 8.47. The molecule has 25 heavy (non-hydrogen) atoms. The maximum atomic E-state index is 12.9. The predicted molar refractivity (Wildman–Crippen MR) is 95.9 cm³/mol. The third-order valence-electron chi connectivity index (χ3n) is 3.70. The summed E-state index contributed by atoms with van der Waals surface area (Å²) in [5.41, 5.74) is 2.96. The van der Waals surface area contributed by atoms with Gasteiger partial charge in [0.25, 0.3) is 0 Å². The first kappa shape index (κ1) is 18.9. The highest BCUT2D eigenvalue weighted by Gasteiger charge is 2.20. The molecule has 0 bridgehead atoms. The molecule has 0 heterocycles. The van der Waals surface area contributed by atoms with Crippen molar-refractivity contribution in [3.8, 4) is 0 Å². The second-order valence-corrected chi connectivity index (χ2v) is 5.58. The lowest BCUT2D eigenvalue weighted by molar-refractivity contribution is -0.156. The van der Waals surface area contributed by atoms with Gasteiger partial charge in [-0.25, -0.2) is 9.18 Å². The van der Waals surface area contributed by atoms with Crippen molar-refractivity contribution in [1.29, 1.82) is 0 Å². The fraction of sp³-hybridized carbons (Fsp3) is 0.350. The molecule has 0 spiro atoms. The number of ether oxygens (including phenoxy) is 2. The van der Waals surface area contributed by atoms with Gasteiger partial charge >= 0.3 is 5.97 Å². The van der Waals surface area contributed by atoms with Crippen LogP contribution in [0.25, 0.3) is 0 Å². The molecule has 0 radical (unpaired) electrons.